The van der Waals surface area contributed by atoms with Crippen LogP contribution in [-0.4, -0.2) is 52.1 Å². The molecule has 0 bridgehead atoms. The number of nitrogens with zero attached hydrogens (tertiary/aromatic N) is 5. The molecule has 3 heterocycles. The second-order valence-electron chi connectivity index (χ2n) is 8.02. The molecule has 1 aromatic carbocycles. The molecule has 1 saturated heterocycles. The van der Waals surface area contributed by atoms with E-state index >= 15 is 0 Å². The van der Waals surface area contributed by atoms with Crippen LogP contribution in [0.4, 0.5) is 0 Å². The van der Waals surface area contributed by atoms with Crippen molar-refractivity contribution in [1.29, 1.82) is 0 Å². The maximum Gasteiger partial charge on any atom is 0.193 e. The molecule has 0 radical (unpaired) electrons. The number of hydrogen-bond donors (Lipinski definition) is 1. The Morgan fingerprint density at radius 2 is 2.13 bits per heavy atom. The molecule has 158 valence electrons. The smallest absolute Gasteiger partial charge is 0.193 e. The second kappa shape index (κ2) is 9.43. The van der Waals surface area contributed by atoms with Gasteiger partial charge in [-0.25, -0.2) is 9.97 Å². The van der Waals surface area contributed by atoms with Crippen LogP contribution in [0.1, 0.15) is 30.6 Å². The summed E-state index contributed by atoms with van der Waals surface area (Å²) in [5.74, 6) is 1.60. The van der Waals surface area contributed by atoms with Crippen LogP contribution >= 0.6 is 11.3 Å². The first-order chi connectivity index (χ1) is 14.6. The maximum atomic E-state index is 4.82. The van der Waals surface area contributed by atoms with Gasteiger partial charge in [-0.2, -0.15) is 0 Å². The highest BCUT2D eigenvalue weighted by Crippen LogP contribution is 2.27. The topological polar surface area (TPSA) is 58.3 Å². The van der Waals surface area contributed by atoms with Gasteiger partial charge in [0, 0.05) is 56.4 Å². The van der Waals surface area contributed by atoms with Crippen molar-refractivity contribution in [2.45, 2.75) is 32.7 Å². The highest BCUT2D eigenvalue weighted by molar-refractivity contribution is 7.13. The van der Waals surface area contributed by atoms with Crippen molar-refractivity contribution in [3.05, 3.63) is 59.6 Å². The van der Waals surface area contributed by atoms with Gasteiger partial charge in [0.15, 0.2) is 5.96 Å². The van der Waals surface area contributed by atoms with E-state index in [1.807, 2.05) is 19.6 Å². The summed E-state index contributed by atoms with van der Waals surface area (Å²) in [6.45, 7) is 7.24. The molecule has 3 aromatic rings. The number of benzene rings is 1. The van der Waals surface area contributed by atoms with Gasteiger partial charge in [-0.15, -0.1) is 11.3 Å². The summed E-state index contributed by atoms with van der Waals surface area (Å²) in [6, 6.07) is 8.99. The zero-order valence-corrected chi connectivity index (χ0v) is 18.8. The van der Waals surface area contributed by atoms with E-state index in [9.17, 15) is 0 Å². The number of nitrogens with one attached hydrogen (secondary N) is 1. The van der Waals surface area contributed by atoms with Crippen LogP contribution in [0.2, 0.25) is 0 Å². The van der Waals surface area contributed by atoms with Crippen molar-refractivity contribution < 1.29 is 0 Å². The van der Waals surface area contributed by atoms with Gasteiger partial charge in [0.05, 0.1) is 18.1 Å². The summed E-state index contributed by atoms with van der Waals surface area (Å²) in [5, 5.41) is 6.79. The molecule has 4 rings (SSSR count). The molecule has 0 saturated carbocycles. The Hall–Kier alpha value is -2.67. The van der Waals surface area contributed by atoms with Gasteiger partial charge in [-0.3, -0.25) is 4.99 Å². The number of rotatable bonds is 5. The van der Waals surface area contributed by atoms with E-state index < -0.39 is 0 Å². The standard InChI is InChI=1S/C23H30N6S/c1-17-4-6-19(7-5-17)22-27-20(15-30-22)8-10-26-23(24-3)28-12-9-18(2)21(14-28)29-13-11-25-16-29/h4-7,11,13,15-16,18,21H,8-10,12,14H2,1-3H3,(H,24,26). The van der Waals surface area contributed by atoms with Gasteiger partial charge in [0.2, 0.25) is 0 Å². The first kappa shape index (κ1) is 20.6. The lowest BCUT2D eigenvalue weighted by molar-refractivity contribution is 0.189. The predicted molar refractivity (Wildman–Crippen MR) is 124 cm³/mol. The van der Waals surface area contributed by atoms with E-state index in [0.717, 1.165) is 49.1 Å². The van der Waals surface area contributed by atoms with Gasteiger partial charge < -0.3 is 14.8 Å². The van der Waals surface area contributed by atoms with E-state index in [-0.39, 0.29) is 0 Å². The molecule has 0 spiro atoms. The summed E-state index contributed by atoms with van der Waals surface area (Å²) < 4.78 is 2.23. The molecule has 1 aliphatic rings. The molecular formula is C23H30N6S. The number of piperidine rings is 1. The Kier molecular flexibility index (Phi) is 6.47. The number of aromatic nitrogens is 3. The van der Waals surface area contributed by atoms with Gasteiger partial charge in [-0.05, 0) is 19.3 Å². The molecule has 6 nitrogen and oxygen atoms in total. The lowest BCUT2D eigenvalue weighted by Crippen LogP contribution is -2.49. The van der Waals surface area contributed by atoms with Gasteiger partial charge >= 0.3 is 0 Å². The Bertz CT molecular complexity index is 960. The van der Waals surface area contributed by atoms with E-state index in [1.165, 1.54) is 11.1 Å². The first-order valence-electron chi connectivity index (χ1n) is 10.6. The largest absolute Gasteiger partial charge is 0.356 e. The van der Waals surface area contributed by atoms with Crippen LogP contribution in [0.5, 0.6) is 0 Å². The molecule has 1 fully saturated rings. The van der Waals surface area contributed by atoms with Crippen molar-refractivity contribution >= 4 is 17.3 Å². The van der Waals surface area contributed by atoms with Crippen molar-refractivity contribution in [3.8, 4) is 10.6 Å². The maximum absolute atomic E-state index is 4.82. The number of guanidine groups is 1. The first-order valence-corrected chi connectivity index (χ1v) is 11.5. The predicted octanol–water partition coefficient (Wildman–Crippen LogP) is 4.02. The number of thiazole rings is 1. The van der Waals surface area contributed by atoms with Crippen molar-refractivity contribution in [3.63, 3.8) is 0 Å². The summed E-state index contributed by atoms with van der Waals surface area (Å²) in [7, 11) is 1.87. The van der Waals surface area contributed by atoms with Crippen LogP contribution in [0.15, 0.2) is 53.4 Å². The molecule has 0 aliphatic carbocycles. The monoisotopic (exact) mass is 422 g/mol. The molecule has 1 aliphatic heterocycles. The van der Waals surface area contributed by atoms with E-state index in [4.69, 9.17) is 4.98 Å². The molecule has 2 aromatic heterocycles. The molecular weight excluding hydrogens is 392 g/mol. The van der Waals surface area contributed by atoms with E-state index in [1.54, 1.807) is 11.3 Å². The van der Waals surface area contributed by atoms with Crippen LogP contribution in [-0.2, 0) is 6.42 Å². The Morgan fingerprint density at radius 1 is 1.30 bits per heavy atom. The number of aliphatic imine (C=N–C) groups is 1. The van der Waals surface area contributed by atoms with Crippen molar-refractivity contribution in [2.24, 2.45) is 10.9 Å². The number of hydrogen-bond acceptors (Lipinski definition) is 4. The Labute approximate surface area is 182 Å². The normalized spacial score (nSPS) is 19.8. The van der Waals surface area contributed by atoms with Crippen LogP contribution in [0.3, 0.4) is 0 Å². The zero-order valence-electron chi connectivity index (χ0n) is 18.0. The van der Waals surface area contributed by atoms with Crippen molar-refractivity contribution in [2.75, 3.05) is 26.7 Å². The number of imidazole rings is 1. The molecule has 7 heteroatoms. The highest BCUT2D eigenvalue weighted by atomic mass is 32.1. The van der Waals surface area contributed by atoms with Gasteiger partial charge in [0.1, 0.15) is 5.01 Å². The SMILES string of the molecule is CN=C(NCCc1csc(-c2ccc(C)cc2)n1)N1CCC(C)C(n2ccnc2)C1. The molecule has 1 N–H and O–H groups in total. The van der Waals surface area contributed by atoms with E-state index in [2.05, 4.69) is 74.5 Å². The van der Waals surface area contributed by atoms with Gasteiger partial charge in [-0.1, -0.05) is 36.8 Å². The fraction of sp³-hybridized carbons (Fsp3) is 0.435. The Morgan fingerprint density at radius 3 is 2.87 bits per heavy atom. The van der Waals surface area contributed by atoms with E-state index in [0.29, 0.717) is 12.0 Å². The third kappa shape index (κ3) is 4.73. The van der Waals surface area contributed by atoms with Gasteiger partial charge in [0.25, 0.3) is 0 Å². The average molecular weight is 423 g/mol. The highest BCUT2D eigenvalue weighted by Gasteiger charge is 2.28. The van der Waals surface area contributed by atoms with Crippen molar-refractivity contribution in [1.82, 2.24) is 24.8 Å². The lowest BCUT2D eigenvalue weighted by Gasteiger charge is -2.39. The minimum Gasteiger partial charge on any atom is -0.356 e. The van der Waals surface area contributed by atoms with Crippen LogP contribution < -0.4 is 5.32 Å². The summed E-state index contributed by atoms with van der Waals surface area (Å²) >= 11 is 1.71. The zero-order chi connectivity index (χ0) is 20.9. The third-order valence-corrected chi connectivity index (χ3v) is 6.79. The number of aryl methyl sites for hydroxylation is 1. The van der Waals surface area contributed by atoms with Crippen LogP contribution in [0.25, 0.3) is 10.6 Å². The molecule has 30 heavy (non-hydrogen) atoms. The quantitative estimate of drug-likeness (QED) is 0.498. The molecule has 2 atom stereocenters. The average Bonchev–Trinajstić information content (AvgIpc) is 3.45. The summed E-state index contributed by atoms with van der Waals surface area (Å²) in [5.41, 5.74) is 3.59. The van der Waals surface area contributed by atoms with Crippen LogP contribution in [0, 0.1) is 12.8 Å². The second-order valence-corrected chi connectivity index (χ2v) is 8.88. The minimum atomic E-state index is 0.426. The fourth-order valence-corrected chi connectivity index (χ4v) is 4.84. The number of likely N-dealkylation sites (tertiary alicyclic amines) is 1. The fourth-order valence-electron chi connectivity index (χ4n) is 3.98. The molecule has 2 unspecified atom stereocenters. The summed E-state index contributed by atoms with van der Waals surface area (Å²) in [6.07, 6.45) is 7.88. The Balaban J connectivity index is 1.32. The third-order valence-electron chi connectivity index (χ3n) is 5.85. The summed E-state index contributed by atoms with van der Waals surface area (Å²) in [4.78, 5) is 15.9. The molecule has 0 amide bonds. The lowest BCUT2D eigenvalue weighted by atomic mass is 9.93. The minimum absolute atomic E-state index is 0.426.